The van der Waals surface area contributed by atoms with Crippen molar-refractivity contribution < 1.29 is 33.2 Å². The summed E-state index contributed by atoms with van der Waals surface area (Å²) in [5, 5.41) is 3.16. The maximum atomic E-state index is 12.7. The first-order chi connectivity index (χ1) is 18.4. The molecule has 0 aliphatic heterocycles. The molecular weight excluding hydrogens is 488 g/mol. The number of hydrogen-bond donors (Lipinski definition) is 2. The van der Waals surface area contributed by atoms with Gasteiger partial charge < -0.3 is 39.5 Å². The molecule has 0 amide bonds. The third kappa shape index (κ3) is 6.12. The molecule has 0 fully saturated rings. The van der Waals surface area contributed by atoms with Crippen LogP contribution in [0.3, 0.4) is 0 Å². The molecule has 0 bridgehead atoms. The first-order valence-electron chi connectivity index (χ1n) is 11.5. The van der Waals surface area contributed by atoms with Gasteiger partial charge in [-0.1, -0.05) is 12.2 Å². The molecule has 0 saturated carbocycles. The number of benzene rings is 3. The number of carbonyl (C=O) groups excluding carboxylic acids is 1. The van der Waals surface area contributed by atoms with E-state index in [2.05, 4.69) is 5.32 Å². The Hall–Kier alpha value is -4.79. The molecule has 3 aromatic rings. The zero-order chi connectivity index (χ0) is 27.7. The number of rotatable bonds is 12. The van der Waals surface area contributed by atoms with Gasteiger partial charge in [0.05, 0.1) is 54.0 Å². The SMILES string of the molecule is COc1ccc(C(=O)C=CNc2c(C=Cc3cc(OC)c(OC)c(OC)c3)ccc(OC)c2OC)cc1N. The molecule has 38 heavy (non-hydrogen) atoms. The van der Waals surface area contributed by atoms with E-state index >= 15 is 0 Å². The molecule has 0 heterocycles. The quantitative estimate of drug-likeness (QED) is 0.142. The van der Waals surface area contributed by atoms with Crippen LogP contribution in [0, 0.1) is 0 Å². The highest BCUT2D eigenvalue weighted by Gasteiger charge is 2.15. The van der Waals surface area contributed by atoms with E-state index in [4.69, 9.17) is 34.2 Å². The number of carbonyl (C=O) groups is 1. The summed E-state index contributed by atoms with van der Waals surface area (Å²) in [5.74, 6) is 2.87. The van der Waals surface area contributed by atoms with E-state index in [1.54, 1.807) is 59.8 Å². The topological polar surface area (TPSA) is 111 Å². The summed E-state index contributed by atoms with van der Waals surface area (Å²) in [6.07, 6.45) is 6.74. The lowest BCUT2D eigenvalue weighted by Gasteiger charge is -2.15. The van der Waals surface area contributed by atoms with Gasteiger partial charge in [-0.3, -0.25) is 4.79 Å². The molecule has 0 unspecified atom stereocenters. The van der Waals surface area contributed by atoms with E-state index < -0.39 is 0 Å². The van der Waals surface area contributed by atoms with E-state index in [0.717, 1.165) is 11.1 Å². The van der Waals surface area contributed by atoms with Gasteiger partial charge in [0.15, 0.2) is 28.8 Å². The van der Waals surface area contributed by atoms with Crippen LogP contribution in [0.1, 0.15) is 21.5 Å². The lowest BCUT2D eigenvalue weighted by molar-refractivity contribution is 0.104. The van der Waals surface area contributed by atoms with Crippen molar-refractivity contribution in [2.24, 2.45) is 0 Å². The molecule has 0 aliphatic rings. The molecule has 200 valence electrons. The highest BCUT2D eigenvalue weighted by molar-refractivity contribution is 6.05. The number of nitrogen functional groups attached to an aromatic ring is 1. The second-order valence-electron chi connectivity index (χ2n) is 7.86. The Labute approximate surface area is 222 Å². The lowest BCUT2D eigenvalue weighted by atomic mass is 10.1. The Kier molecular flexibility index (Phi) is 9.48. The average molecular weight is 521 g/mol. The molecule has 3 aromatic carbocycles. The Balaban J connectivity index is 1.94. The van der Waals surface area contributed by atoms with Crippen LogP contribution in [0.5, 0.6) is 34.5 Å². The van der Waals surface area contributed by atoms with E-state index in [1.165, 1.54) is 19.4 Å². The smallest absolute Gasteiger partial charge is 0.203 e. The molecule has 9 heteroatoms. The van der Waals surface area contributed by atoms with Gasteiger partial charge in [0.25, 0.3) is 0 Å². The van der Waals surface area contributed by atoms with Gasteiger partial charge >= 0.3 is 0 Å². The van der Waals surface area contributed by atoms with Gasteiger partial charge in [-0.15, -0.1) is 0 Å². The lowest BCUT2D eigenvalue weighted by Crippen LogP contribution is -2.01. The maximum absolute atomic E-state index is 12.7. The Bertz CT molecular complexity index is 1320. The summed E-state index contributed by atoms with van der Waals surface area (Å²) in [7, 11) is 9.31. The monoisotopic (exact) mass is 520 g/mol. The van der Waals surface area contributed by atoms with Crippen LogP contribution in [0.15, 0.2) is 54.7 Å². The van der Waals surface area contributed by atoms with E-state index in [9.17, 15) is 4.79 Å². The van der Waals surface area contributed by atoms with Gasteiger partial charge in [0.1, 0.15) is 5.75 Å². The molecule has 0 radical (unpaired) electrons. The molecule has 9 nitrogen and oxygen atoms in total. The molecule has 0 atom stereocenters. The van der Waals surface area contributed by atoms with Crippen molar-refractivity contribution in [3.8, 4) is 34.5 Å². The number of nitrogens with two attached hydrogens (primary N) is 1. The molecule has 0 aliphatic carbocycles. The first-order valence-corrected chi connectivity index (χ1v) is 11.5. The summed E-state index contributed by atoms with van der Waals surface area (Å²) >= 11 is 0. The molecular formula is C29H32N2O7. The van der Waals surface area contributed by atoms with Crippen LogP contribution in [-0.2, 0) is 0 Å². The summed E-state index contributed by atoms with van der Waals surface area (Å²) < 4.78 is 32.5. The van der Waals surface area contributed by atoms with Gasteiger partial charge in [0.2, 0.25) is 5.75 Å². The zero-order valence-corrected chi connectivity index (χ0v) is 22.3. The molecule has 0 aromatic heterocycles. The predicted molar refractivity (Wildman–Crippen MR) is 149 cm³/mol. The fourth-order valence-electron chi connectivity index (χ4n) is 3.80. The minimum atomic E-state index is -0.233. The minimum absolute atomic E-state index is 0.233. The standard InChI is InChI=1S/C29H32N2O7/c1-33-23-11-10-20(17-21(23)30)22(32)13-14-31-27-19(9-12-24(34-2)29(27)38-6)8-7-18-15-25(35-3)28(37-5)26(16-18)36-4/h7-17,31H,30H2,1-6H3. The highest BCUT2D eigenvalue weighted by Crippen LogP contribution is 2.41. The summed E-state index contributed by atoms with van der Waals surface area (Å²) in [5.41, 5.74) is 8.96. The van der Waals surface area contributed by atoms with Gasteiger partial charge in [0, 0.05) is 23.4 Å². The maximum Gasteiger partial charge on any atom is 0.203 e. The van der Waals surface area contributed by atoms with Crippen molar-refractivity contribution in [2.75, 3.05) is 53.7 Å². The second-order valence-corrected chi connectivity index (χ2v) is 7.86. The molecule has 3 N–H and O–H groups in total. The molecule has 0 saturated heterocycles. The normalized spacial score (nSPS) is 10.9. The van der Waals surface area contributed by atoms with Crippen molar-refractivity contribution in [2.45, 2.75) is 0 Å². The number of nitrogens with one attached hydrogen (secondary N) is 1. The van der Waals surface area contributed by atoms with Crippen molar-refractivity contribution in [3.05, 3.63) is 71.4 Å². The number of allylic oxidation sites excluding steroid dienone is 1. The summed E-state index contributed by atoms with van der Waals surface area (Å²) in [6.45, 7) is 0. The van der Waals surface area contributed by atoms with Gasteiger partial charge in [-0.05, 0) is 48.0 Å². The van der Waals surface area contributed by atoms with Crippen molar-refractivity contribution in [1.29, 1.82) is 0 Å². The number of ether oxygens (including phenoxy) is 6. The molecule has 0 spiro atoms. The fraction of sp³-hybridized carbons (Fsp3) is 0.207. The average Bonchev–Trinajstić information content (AvgIpc) is 2.95. The van der Waals surface area contributed by atoms with Gasteiger partial charge in [-0.25, -0.2) is 0 Å². The van der Waals surface area contributed by atoms with E-state index in [0.29, 0.717) is 51.4 Å². The minimum Gasteiger partial charge on any atom is -0.495 e. The summed E-state index contributed by atoms with van der Waals surface area (Å²) in [4.78, 5) is 12.7. The first kappa shape index (κ1) is 27.8. The number of hydrogen-bond acceptors (Lipinski definition) is 9. The van der Waals surface area contributed by atoms with Crippen molar-refractivity contribution in [3.63, 3.8) is 0 Å². The van der Waals surface area contributed by atoms with Crippen molar-refractivity contribution >= 4 is 29.3 Å². The largest absolute Gasteiger partial charge is 0.495 e. The van der Waals surface area contributed by atoms with Crippen LogP contribution in [-0.4, -0.2) is 48.4 Å². The predicted octanol–water partition coefficient (Wildman–Crippen LogP) is 5.30. The van der Waals surface area contributed by atoms with Gasteiger partial charge in [-0.2, -0.15) is 0 Å². The third-order valence-electron chi connectivity index (χ3n) is 5.70. The fourth-order valence-corrected chi connectivity index (χ4v) is 3.80. The zero-order valence-electron chi connectivity index (χ0n) is 22.3. The number of anilines is 2. The Morgan fingerprint density at radius 2 is 1.32 bits per heavy atom. The summed E-state index contributed by atoms with van der Waals surface area (Å²) in [6, 6.07) is 12.2. The van der Waals surface area contributed by atoms with Crippen LogP contribution in [0.25, 0.3) is 12.2 Å². The Morgan fingerprint density at radius 1 is 0.711 bits per heavy atom. The Morgan fingerprint density at radius 3 is 1.87 bits per heavy atom. The van der Waals surface area contributed by atoms with Crippen LogP contribution in [0.2, 0.25) is 0 Å². The highest BCUT2D eigenvalue weighted by atomic mass is 16.5. The second kappa shape index (κ2) is 13.0. The molecule has 3 rings (SSSR count). The van der Waals surface area contributed by atoms with Crippen LogP contribution in [0.4, 0.5) is 11.4 Å². The van der Waals surface area contributed by atoms with Crippen LogP contribution < -0.4 is 39.5 Å². The van der Waals surface area contributed by atoms with E-state index in [-0.39, 0.29) is 5.78 Å². The van der Waals surface area contributed by atoms with Crippen molar-refractivity contribution in [1.82, 2.24) is 0 Å². The van der Waals surface area contributed by atoms with Crippen LogP contribution >= 0.6 is 0 Å². The third-order valence-corrected chi connectivity index (χ3v) is 5.70. The number of ketones is 1. The number of methoxy groups -OCH3 is 6. The van der Waals surface area contributed by atoms with E-state index in [1.807, 2.05) is 30.4 Å².